The summed E-state index contributed by atoms with van der Waals surface area (Å²) in [5.74, 6) is 0.595. The molecule has 0 fully saturated rings. The van der Waals surface area contributed by atoms with Gasteiger partial charge in [-0.05, 0) is 36.8 Å². The summed E-state index contributed by atoms with van der Waals surface area (Å²) in [6, 6.07) is 12.2. The van der Waals surface area contributed by atoms with Gasteiger partial charge in [0.05, 0.1) is 21.2 Å². The third kappa shape index (κ3) is 3.58. The van der Waals surface area contributed by atoms with Crippen LogP contribution in [0.5, 0.6) is 0 Å². The molecule has 5 aromatic rings. The van der Waals surface area contributed by atoms with Gasteiger partial charge in [-0.25, -0.2) is 15.0 Å². The second kappa shape index (κ2) is 7.93. The van der Waals surface area contributed by atoms with Crippen molar-refractivity contribution in [2.45, 2.75) is 13.5 Å². The number of imidazole rings is 1. The number of aromatic amines is 1. The number of rotatable bonds is 6. The maximum atomic E-state index is 6.23. The van der Waals surface area contributed by atoms with Crippen molar-refractivity contribution >= 4 is 39.8 Å². The average Bonchev–Trinajstić information content (AvgIpc) is 3.49. The number of fused-ring (bicyclic) bond motifs is 1. The molecule has 0 radical (unpaired) electrons. The molecule has 5 rings (SSSR count). The third-order valence-corrected chi connectivity index (χ3v) is 6.27. The lowest BCUT2D eigenvalue weighted by Crippen LogP contribution is -2.13. The minimum Gasteiger partial charge on any atom is -0.361 e. The van der Waals surface area contributed by atoms with E-state index in [1.54, 1.807) is 0 Å². The Morgan fingerprint density at radius 3 is 2.87 bits per heavy atom. The predicted octanol–water partition coefficient (Wildman–Crippen LogP) is 5.62. The van der Waals surface area contributed by atoms with Crippen molar-refractivity contribution < 1.29 is 0 Å². The maximum absolute atomic E-state index is 6.23. The summed E-state index contributed by atoms with van der Waals surface area (Å²) in [5.41, 5.74) is 5.16. The number of benzene rings is 1. The predicted molar refractivity (Wildman–Crippen MR) is 123 cm³/mol. The number of thiophene rings is 1. The van der Waals surface area contributed by atoms with Crippen LogP contribution >= 0.6 is 22.9 Å². The quantitative estimate of drug-likeness (QED) is 0.363. The molecule has 0 atom stereocenters. The Kier molecular flexibility index (Phi) is 4.98. The van der Waals surface area contributed by atoms with Crippen LogP contribution in [0.15, 0.2) is 61.3 Å². The highest BCUT2D eigenvalue weighted by atomic mass is 35.5. The van der Waals surface area contributed by atoms with E-state index >= 15 is 0 Å². The van der Waals surface area contributed by atoms with Crippen LogP contribution in [0.4, 0.5) is 5.95 Å². The first-order chi connectivity index (χ1) is 14.7. The van der Waals surface area contributed by atoms with Crippen LogP contribution in [0.1, 0.15) is 5.69 Å². The zero-order valence-electron chi connectivity index (χ0n) is 16.3. The van der Waals surface area contributed by atoms with Gasteiger partial charge in [-0.15, -0.1) is 11.3 Å². The molecule has 150 valence electrons. The summed E-state index contributed by atoms with van der Waals surface area (Å²) in [7, 11) is 0. The third-order valence-electron chi connectivity index (χ3n) is 5.04. The lowest BCUT2D eigenvalue weighted by molar-refractivity contribution is 0.703. The monoisotopic (exact) mass is 434 g/mol. The van der Waals surface area contributed by atoms with E-state index in [2.05, 4.69) is 43.0 Å². The summed E-state index contributed by atoms with van der Waals surface area (Å²) in [6.45, 7) is 3.53. The number of aryl methyl sites for hydroxylation is 1. The molecule has 6 nitrogen and oxygen atoms in total. The Morgan fingerprint density at radius 2 is 2.07 bits per heavy atom. The van der Waals surface area contributed by atoms with Gasteiger partial charge >= 0.3 is 0 Å². The molecule has 0 aliphatic heterocycles. The fraction of sp³-hybridized carbons (Fsp3) is 0.136. The first-order valence-corrected chi connectivity index (χ1v) is 10.8. The average molecular weight is 435 g/mol. The van der Waals surface area contributed by atoms with Crippen LogP contribution in [0.25, 0.3) is 32.6 Å². The Bertz CT molecular complexity index is 1320. The fourth-order valence-corrected chi connectivity index (χ4v) is 4.57. The van der Waals surface area contributed by atoms with Crippen molar-refractivity contribution in [3.05, 3.63) is 71.3 Å². The van der Waals surface area contributed by atoms with Crippen molar-refractivity contribution in [1.82, 2.24) is 24.5 Å². The molecule has 0 saturated carbocycles. The number of aromatic nitrogens is 5. The van der Waals surface area contributed by atoms with Gasteiger partial charge in [0, 0.05) is 53.8 Å². The Balaban J connectivity index is 1.51. The van der Waals surface area contributed by atoms with E-state index in [1.807, 2.05) is 50.0 Å². The van der Waals surface area contributed by atoms with Crippen LogP contribution in [-0.2, 0) is 6.54 Å². The highest BCUT2D eigenvalue weighted by molar-refractivity contribution is 7.19. The fourth-order valence-electron chi connectivity index (χ4n) is 3.52. The summed E-state index contributed by atoms with van der Waals surface area (Å²) in [6.07, 6.45) is 7.52. The Labute approximate surface area is 182 Å². The number of nitrogens with one attached hydrogen (secondary N) is 2. The smallest absolute Gasteiger partial charge is 0.223 e. The van der Waals surface area contributed by atoms with Gasteiger partial charge in [-0.1, -0.05) is 23.7 Å². The van der Waals surface area contributed by atoms with Gasteiger partial charge < -0.3 is 14.9 Å². The molecule has 0 amide bonds. The zero-order chi connectivity index (χ0) is 20.5. The minimum atomic E-state index is 0.595. The topological polar surface area (TPSA) is 71.4 Å². The molecule has 0 saturated heterocycles. The van der Waals surface area contributed by atoms with Gasteiger partial charge in [-0.3, -0.25) is 0 Å². The van der Waals surface area contributed by atoms with Gasteiger partial charge in [0.15, 0.2) is 0 Å². The highest BCUT2D eigenvalue weighted by Gasteiger charge is 2.16. The van der Waals surface area contributed by atoms with E-state index < -0.39 is 0 Å². The van der Waals surface area contributed by atoms with Gasteiger partial charge in [0.25, 0.3) is 0 Å². The van der Waals surface area contributed by atoms with Crippen molar-refractivity contribution in [1.29, 1.82) is 0 Å². The molecule has 0 bridgehead atoms. The molecule has 0 spiro atoms. The molecule has 8 heteroatoms. The lowest BCUT2D eigenvalue weighted by Gasteiger charge is -2.12. The highest BCUT2D eigenvalue weighted by Crippen LogP contribution is 2.38. The largest absolute Gasteiger partial charge is 0.361 e. The molecular formula is C22H19ClN6S. The number of hydrogen-bond acceptors (Lipinski definition) is 5. The number of H-pyrrole nitrogens is 1. The molecule has 30 heavy (non-hydrogen) atoms. The zero-order valence-corrected chi connectivity index (χ0v) is 17.8. The van der Waals surface area contributed by atoms with Crippen LogP contribution in [-0.4, -0.2) is 31.0 Å². The van der Waals surface area contributed by atoms with E-state index in [0.717, 1.165) is 49.2 Å². The SMILES string of the molecule is Cc1cncn1CCNc1ncc(-c2cccc3[nH]ccc23)c(-c2ccc(Cl)s2)n1. The van der Waals surface area contributed by atoms with E-state index in [9.17, 15) is 0 Å². The molecule has 0 unspecified atom stereocenters. The maximum Gasteiger partial charge on any atom is 0.223 e. The minimum absolute atomic E-state index is 0.595. The van der Waals surface area contributed by atoms with Crippen molar-refractivity contribution in [3.63, 3.8) is 0 Å². The molecule has 0 aliphatic carbocycles. The molecular weight excluding hydrogens is 416 g/mol. The normalized spacial score (nSPS) is 11.3. The van der Waals surface area contributed by atoms with Crippen molar-refractivity contribution in [2.24, 2.45) is 0 Å². The Hall–Kier alpha value is -3.16. The summed E-state index contributed by atoms with van der Waals surface area (Å²) >= 11 is 7.74. The number of hydrogen-bond donors (Lipinski definition) is 2. The molecule has 1 aromatic carbocycles. The summed E-state index contributed by atoms with van der Waals surface area (Å²) in [5, 5.41) is 4.47. The van der Waals surface area contributed by atoms with E-state index in [1.165, 1.54) is 11.3 Å². The summed E-state index contributed by atoms with van der Waals surface area (Å²) in [4.78, 5) is 17.9. The second-order valence-corrected chi connectivity index (χ2v) is 8.67. The van der Waals surface area contributed by atoms with Crippen LogP contribution in [0.2, 0.25) is 4.34 Å². The van der Waals surface area contributed by atoms with Gasteiger partial charge in [0.2, 0.25) is 5.95 Å². The van der Waals surface area contributed by atoms with E-state index in [0.29, 0.717) is 12.5 Å². The van der Waals surface area contributed by atoms with Gasteiger partial charge in [-0.2, -0.15) is 0 Å². The van der Waals surface area contributed by atoms with Crippen LogP contribution < -0.4 is 5.32 Å². The Morgan fingerprint density at radius 1 is 1.13 bits per heavy atom. The lowest BCUT2D eigenvalue weighted by atomic mass is 10.0. The molecule has 4 aromatic heterocycles. The number of halogens is 1. The molecule has 2 N–H and O–H groups in total. The molecule has 0 aliphatic rings. The van der Waals surface area contributed by atoms with Crippen molar-refractivity contribution in [2.75, 3.05) is 11.9 Å². The van der Waals surface area contributed by atoms with Gasteiger partial charge in [0.1, 0.15) is 0 Å². The summed E-state index contributed by atoms with van der Waals surface area (Å²) < 4.78 is 2.83. The number of nitrogens with zero attached hydrogens (tertiary/aromatic N) is 4. The first kappa shape index (κ1) is 18.8. The molecule has 4 heterocycles. The first-order valence-electron chi connectivity index (χ1n) is 9.59. The van der Waals surface area contributed by atoms with Crippen LogP contribution in [0.3, 0.4) is 0 Å². The second-order valence-electron chi connectivity index (χ2n) is 6.96. The standard InChI is InChI=1S/C22H19ClN6S/c1-14-11-24-13-29(14)10-9-26-22-27-12-17(21(28-22)19-5-6-20(23)30-19)15-3-2-4-18-16(15)7-8-25-18/h2-8,11-13,25H,9-10H2,1H3,(H,26,27,28). The van der Waals surface area contributed by atoms with Crippen LogP contribution in [0, 0.1) is 6.92 Å². The van der Waals surface area contributed by atoms with Crippen molar-refractivity contribution in [3.8, 4) is 21.7 Å². The number of anilines is 1. The van der Waals surface area contributed by atoms with E-state index in [-0.39, 0.29) is 0 Å². The van der Waals surface area contributed by atoms with E-state index in [4.69, 9.17) is 16.6 Å².